The molecule has 0 atom stereocenters. The predicted molar refractivity (Wildman–Crippen MR) is 133 cm³/mol. The van der Waals surface area contributed by atoms with Gasteiger partial charge in [-0.25, -0.2) is 9.98 Å². The van der Waals surface area contributed by atoms with E-state index >= 15 is 0 Å². The third-order valence-electron chi connectivity index (χ3n) is 4.34. The fourth-order valence-corrected chi connectivity index (χ4v) is 2.84. The lowest BCUT2D eigenvalue weighted by Crippen LogP contribution is -2.38. The van der Waals surface area contributed by atoms with Crippen LogP contribution in [0.2, 0.25) is 0 Å². The molecule has 6 nitrogen and oxygen atoms in total. The monoisotopic (exact) mass is 519 g/mol. The Kier molecular flexibility index (Phi) is 10.8. The van der Waals surface area contributed by atoms with Gasteiger partial charge in [0.05, 0.1) is 19.5 Å². The molecule has 3 rings (SSSR count). The van der Waals surface area contributed by atoms with Crippen molar-refractivity contribution in [2.45, 2.75) is 26.4 Å². The maximum Gasteiger partial charge on any atom is 0.191 e. The Hall–Kier alpha value is -2.55. The standard InChI is InChI=1S/C23H29N5O.HI/c1-2-25-23(26-13-6-16-29-22-7-4-3-5-8-22)27-17-20-9-11-21(12-10-20)18-28-15-14-24-19-28;/h3-5,7-12,14-15,19H,2,6,13,16-18H2,1H3,(H2,25,26,27);1H. The summed E-state index contributed by atoms with van der Waals surface area (Å²) in [4.78, 5) is 8.76. The van der Waals surface area contributed by atoms with E-state index in [1.807, 2.05) is 42.9 Å². The number of halogens is 1. The van der Waals surface area contributed by atoms with E-state index in [-0.39, 0.29) is 24.0 Å². The van der Waals surface area contributed by atoms with Crippen LogP contribution >= 0.6 is 24.0 Å². The highest BCUT2D eigenvalue weighted by molar-refractivity contribution is 14.0. The van der Waals surface area contributed by atoms with E-state index in [0.717, 1.165) is 37.8 Å². The topological polar surface area (TPSA) is 63.5 Å². The molecule has 0 bridgehead atoms. The second-order valence-electron chi connectivity index (χ2n) is 6.69. The van der Waals surface area contributed by atoms with Crippen LogP contribution in [0.4, 0.5) is 0 Å². The predicted octanol–water partition coefficient (Wildman–Crippen LogP) is 4.07. The van der Waals surface area contributed by atoms with E-state index < -0.39 is 0 Å². The fraction of sp³-hybridized carbons (Fsp3) is 0.304. The second-order valence-corrected chi connectivity index (χ2v) is 6.69. The summed E-state index contributed by atoms with van der Waals surface area (Å²) < 4.78 is 7.78. The van der Waals surface area contributed by atoms with Gasteiger partial charge in [-0.3, -0.25) is 0 Å². The zero-order valence-corrected chi connectivity index (χ0v) is 19.7. The van der Waals surface area contributed by atoms with E-state index in [9.17, 15) is 0 Å². The van der Waals surface area contributed by atoms with Gasteiger partial charge in [0.2, 0.25) is 0 Å². The average molecular weight is 519 g/mol. The molecular weight excluding hydrogens is 489 g/mol. The van der Waals surface area contributed by atoms with Crippen molar-refractivity contribution in [2.75, 3.05) is 19.7 Å². The van der Waals surface area contributed by atoms with Crippen LogP contribution in [0.25, 0.3) is 0 Å². The summed E-state index contributed by atoms with van der Waals surface area (Å²) in [5, 5.41) is 6.66. The summed E-state index contributed by atoms with van der Waals surface area (Å²) in [6, 6.07) is 18.4. The molecule has 0 fully saturated rings. The van der Waals surface area contributed by atoms with Crippen LogP contribution in [0.1, 0.15) is 24.5 Å². The van der Waals surface area contributed by atoms with Gasteiger partial charge in [0, 0.05) is 32.0 Å². The van der Waals surface area contributed by atoms with Gasteiger partial charge in [-0.2, -0.15) is 0 Å². The average Bonchev–Trinajstić information content (AvgIpc) is 3.26. The van der Waals surface area contributed by atoms with Gasteiger partial charge in [-0.05, 0) is 36.6 Å². The van der Waals surface area contributed by atoms with Crippen LogP contribution in [0.15, 0.2) is 78.3 Å². The molecule has 0 aliphatic heterocycles. The molecule has 2 N–H and O–H groups in total. The van der Waals surface area contributed by atoms with Crippen LogP contribution in [0, 0.1) is 0 Å². The molecular formula is C23H30IN5O. The first-order chi connectivity index (χ1) is 14.3. The van der Waals surface area contributed by atoms with E-state index in [2.05, 4.69) is 56.4 Å². The van der Waals surface area contributed by atoms with Crippen LogP contribution in [-0.4, -0.2) is 35.2 Å². The van der Waals surface area contributed by atoms with E-state index in [0.29, 0.717) is 13.2 Å². The first-order valence-electron chi connectivity index (χ1n) is 10.1. The zero-order valence-electron chi connectivity index (χ0n) is 17.3. The molecule has 0 saturated heterocycles. The number of nitrogens with one attached hydrogen (secondary N) is 2. The minimum atomic E-state index is 0. The molecule has 2 aromatic carbocycles. The molecule has 0 aliphatic carbocycles. The number of imidazole rings is 1. The second kappa shape index (κ2) is 13.6. The number of hydrogen-bond donors (Lipinski definition) is 2. The summed E-state index contributed by atoms with van der Waals surface area (Å²) in [5.74, 6) is 1.74. The molecule has 30 heavy (non-hydrogen) atoms. The van der Waals surface area contributed by atoms with E-state index in [1.165, 1.54) is 11.1 Å². The van der Waals surface area contributed by atoms with Gasteiger partial charge in [0.1, 0.15) is 5.75 Å². The number of guanidine groups is 1. The molecule has 0 amide bonds. The van der Waals surface area contributed by atoms with E-state index in [4.69, 9.17) is 4.74 Å². The smallest absolute Gasteiger partial charge is 0.191 e. The van der Waals surface area contributed by atoms with Crippen molar-refractivity contribution in [3.63, 3.8) is 0 Å². The van der Waals surface area contributed by atoms with Crippen LogP contribution in [-0.2, 0) is 13.1 Å². The number of aliphatic imine (C=N–C) groups is 1. The third kappa shape index (κ3) is 8.44. The molecule has 0 aliphatic rings. The number of para-hydroxylation sites is 1. The highest BCUT2D eigenvalue weighted by Crippen LogP contribution is 2.09. The molecule has 0 unspecified atom stereocenters. The van der Waals surface area contributed by atoms with Gasteiger partial charge < -0.3 is 19.9 Å². The Balaban J connectivity index is 0.00000320. The molecule has 160 valence electrons. The molecule has 0 saturated carbocycles. The van der Waals surface area contributed by atoms with Crippen molar-refractivity contribution in [3.05, 3.63) is 84.4 Å². The number of nitrogens with zero attached hydrogens (tertiary/aromatic N) is 3. The normalized spacial score (nSPS) is 10.9. The molecule has 1 aromatic heterocycles. The Morgan fingerprint density at radius 3 is 2.50 bits per heavy atom. The van der Waals surface area contributed by atoms with Crippen molar-refractivity contribution >= 4 is 29.9 Å². The van der Waals surface area contributed by atoms with Gasteiger partial charge in [-0.1, -0.05) is 42.5 Å². The number of benzene rings is 2. The molecule has 3 aromatic rings. The SMILES string of the molecule is CCNC(=NCc1ccc(Cn2ccnc2)cc1)NCCCOc1ccccc1.I. The van der Waals surface area contributed by atoms with Crippen molar-refractivity contribution in [2.24, 2.45) is 4.99 Å². The quantitative estimate of drug-likeness (QED) is 0.184. The van der Waals surface area contributed by atoms with Crippen LogP contribution < -0.4 is 15.4 Å². The summed E-state index contributed by atoms with van der Waals surface area (Å²) in [6.07, 6.45) is 6.50. The lowest BCUT2D eigenvalue weighted by molar-refractivity contribution is 0.311. The van der Waals surface area contributed by atoms with Crippen LogP contribution in [0.3, 0.4) is 0 Å². The third-order valence-corrected chi connectivity index (χ3v) is 4.34. The highest BCUT2D eigenvalue weighted by Gasteiger charge is 2.00. The minimum absolute atomic E-state index is 0. The molecule has 7 heteroatoms. The summed E-state index contributed by atoms with van der Waals surface area (Å²) in [5.41, 5.74) is 2.43. The lowest BCUT2D eigenvalue weighted by atomic mass is 10.1. The van der Waals surface area contributed by atoms with Gasteiger partial charge in [-0.15, -0.1) is 24.0 Å². The Morgan fingerprint density at radius 2 is 1.80 bits per heavy atom. The summed E-state index contributed by atoms with van der Waals surface area (Å²) in [6.45, 7) is 5.86. The van der Waals surface area contributed by atoms with Crippen molar-refractivity contribution in [1.82, 2.24) is 20.2 Å². The summed E-state index contributed by atoms with van der Waals surface area (Å²) in [7, 11) is 0. The first kappa shape index (κ1) is 23.7. The van der Waals surface area contributed by atoms with Gasteiger partial charge in [0.25, 0.3) is 0 Å². The number of hydrogen-bond acceptors (Lipinski definition) is 3. The van der Waals surface area contributed by atoms with Crippen molar-refractivity contribution in [3.8, 4) is 5.75 Å². The van der Waals surface area contributed by atoms with E-state index in [1.54, 1.807) is 6.20 Å². The van der Waals surface area contributed by atoms with Crippen LogP contribution in [0.5, 0.6) is 5.75 Å². The molecule has 0 radical (unpaired) electrons. The maximum atomic E-state index is 5.72. The number of aromatic nitrogens is 2. The molecule has 0 spiro atoms. The summed E-state index contributed by atoms with van der Waals surface area (Å²) >= 11 is 0. The maximum absolute atomic E-state index is 5.72. The number of rotatable bonds is 10. The Labute approximate surface area is 195 Å². The largest absolute Gasteiger partial charge is 0.494 e. The zero-order chi connectivity index (χ0) is 20.2. The van der Waals surface area contributed by atoms with Gasteiger partial charge in [0.15, 0.2) is 5.96 Å². The lowest BCUT2D eigenvalue weighted by Gasteiger charge is -2.12. The highest BCUT2D eigenvalue weighted by atomic mass is 127. The van der Waals surface area contributed by atoms with Crippen molar-refractivity contribution in [1.29, 1.82) is 0 Å². The first-order valence-corrected chi connectivity index (χ1v) is 10.1. The van der Waals surface area contributed by atoms with Crippen molar-refractivity contribution < 1.29 is 4.74 Å². The molecule has 1 heterocycles. The fourth-order valence-electron chi connectivity index (χ4n) is 2.84. The van der Waals surface area contributed by atoms with Gasteiger partial charge >= 0.3 is 0 Å². The Bertz CT molecular complexity index is 851. The number of ether oxygens (including phenoxy) is 1. The Morgan fingerprint density at radius 1 is 1.03 bits per heavy atom. The minimum Gasteiger partial charge on any atom is -0.494 e.